The zero-order chi connectivity index (χ0) is 13.0. The van der Waals surface area contributed by atoms with Gasteiger partial charge in [-0.2, -0.15) is 0 Å². The summed E-state index contributed by atoms with van der Waals surface area (Å²) in [4.78, 5) is 14.2. The Bertz CT molecular complexity index is 427. The molecule has 0 bridgehead atoms. The highest BCUT2D eigenvalue weighted by Gasteiger charge is 2.26. The van der Waals surface area contributed by atoms with E-state index in [1.54, 1.807) is 0 Å². The van der Waals surface area contributed by atoms with Crippen LogP contribution >= 0.6 is 27.5 Å². The molecular formula is C13H15BrClNO2. The molecule has 1 aromatic carbocycles. The highest BCUT2D eigenvalue weighted by atomic mass is 79.9. The van der Waals surface area contributed by atoms with Crippen molar-refractivity contribution < 1.29 is 9.53 Å². The first kappa shape index (κ1) is 13.8. The summed E-state index contributed by atoms with van der Waals surface area (Å²) in [6.07, 6.45) is 0.350. The minimum absolute atomic E-state index is 0.107. The molecule has 1 saturated heterocycles. The molecule has 0 spiro atoms. The molecule has 1 heterocycles. The van der Waals surface area contributed by atoms with Crippen LogP contribution in [0.25, 0.3) is 0 Å². The SMILES string of the molecule is O=C(Cc1ccccc1Cl)N1CCOCC1CBr. The molecule has 0 radical (unpaired) electrons. The largest absolute Gasteiger partial charge is 0.377 e. The summed E-state index contributed by atoms with van der Waals surface area (Å²) in [5.74, 6) is 0.107. The maximum Gasteiger partial charge on any atom is 0.227 e. The summed E-state index contributed by atoms with van der Waals surface area (Å²) in [7, 11) is 0. The minimum Gasteiger partial charge on any atom is -0.377 e. The lowest BCUT2D eigenvalue weighted by Crippen LogP contribution is -2.50. The number of benzene rings is 1. The molecule has 0 N–H and O–H groups in total. The van der Waals surface area contributed by atoms with E-state index in [1.165, 1.54) is 0 Å². The van der Waals surface area contributed by atoms with Crippen LogP contribution in [0.3, 0.4) is 0 Å². The van der Waals surface area contributed by atoms with Crippen LogP contribution in [0.15, 0.2) is 24.3 Å². The Labute approximate surface area is 120 Å². The van der Waals surface area contributed by atoms with Crippen LogP contribution in [-0.2, 0) is 16.0 Å². The van der Waals surface area contributed by atoms with E-state index in [2.05, 4.69) is 15.9 Å². The molecule has 0 aromatic heterocycles. The molecule has 1 aliphatic heterocycles. The molecule has 18 heavy (non-hydrogen) atoms. The Hall–Kier alpha value is -0.580. The third-order valence-electron chi connectivity index (χ3n) is 3.03. The fourth-order valence-electron chi connectivity index (χ4n) is 2.02. The predicted molar refractivity (Wildman–Crippen MR) is 75.3 cm³/mol. The van der Waals surface area contributed by atoms with E-state index in [9.17, 15) is 4.79 Å². The summed E-state index contributed by atoms with van der Waals surface area (Å²) in [6.45, 7) is 1.86. The number of carbonyl (C=O) groups is 1. The Morgan fingerprint density at radius 2 is 2.28 bits per heavy atom. The van der Waals surface area contributed by atoms with Gasteiger partial charge in [-0.3, -0.25) is 4.79 Å². The quantitative estimate of drug-likeness (QED) is 0.796. The molecule has 1 aromatic rings. The lowest BCUT2D eigenvalue weighted by atomic mass is 10.1. The van der Waals surface area contributed by atoms with Crippen molar-refractivity contribution in [2.45, 2.75) is 12.5 Å². The van der Waals surface area contributed by atoms with Crippen LogP contribution in [0, 0.1) is 0 Å². The first-order valence-electron chi connectivity index (χ1n) is 5.89. The fraction of sp³-hybridized carbons (Fsp3) is 0.462. The Kier molecular flexibility index (Phi) is 5.03. The van der Waals surface area contributed by atoms with Gasteiger partial charge in [0.25, 0.3) is 0 Å². The molecule has 1 unspecified atom stereocenters. The summed E-state index contributed by atoms with van der Waals surface area (Å²) < 4.78 is 5.38. The standard InChI is InChI=1S/C13H15BrClNO2/c14-8-11-9-18-6-5-16(11)13(17)7-10-3-1-2-4-12(10)15/h1-4,11H,5-9H2. The number of carbonyl (C=O) groups excluding carboxylic acids is 1. The first-order chi connectivity index (χ1) is 8.72. The molecular weight excluding hydrogens is 318 g/mol. The number of amides is 1. The fourth-order valence-corrected chi connectivity index (χ4v) is 2.76. The highest BCUT2D eigenvalue weighted by molar-refractivity contribution is 9.09. The molecule has 1 amide bonds. The van der Waals surface area contributed by atoms with Gasteiger partial charge in [-0.15, -0.1) is 0 Å². The number of ether oxygens (including phenoxy) is 1. The van der Waals surface area contributed by atoms with Crippen molar-refractivity contribution >= 4 is 33.4 Å². The smallest absolute Gasteiger partial charge is 0.227 e. The zero-order valence-electron chi connectivity index (χ0n) is 9.94. The Balaban J connectivity index is 2.05. The number of nitrogens with zero attached hydrogens (tertiary/aromatic N) is 1. The van der Waals surface area contributed by atoms with E-state index in [0.717, 1.165) is 10.9 Å². The highest BCUT2D eigenvalue weighted by Crippen LogP contribution is 2.18. The third-order valence-corrected chi connectivity index (χ3v) is 4.14. The van der Waals surface area contributed by atoms with Gasteiger partial charge in [0.2, 0.25) is 5.91 Å². The number of hydrogen-bond donors (Lipinski definition) is 0. The molecule has 1 atom stereocenters. The van der Waals surface area contributed by atoms with Crippen LogP contribution < -0.4 is 0 Å². The number of morpholine rings is 1. The second kappa shape index (κ2) is 6.55. The Morgan fingerprint density at radius 1 is 1.50 bits per heavy atom. The second-order valence-corrected chi connectivity index (χ2v) is 5.29. The molecule has 0 aliphatic carbocycles. The van der Waals surface area contributed by atoms with Crippen LogP contribution in [0.5, 0.6) is 0 Å². The van der Waals surface area contributed by atoms with Crippen molar-refractivity contribution in [1.82, 2.24) is 4.90 Å². The topological polar surface area (TPSA) is 29.5 Å². The van der Waals surface area contributed by atoms with Gasteiger partial charge in [0.05, 0.1) is 25.7 Å². The van der Waals surface area contributed by atoms with Gasteiger partial charge in [0, 0.05) is 16.9 Å². The van der Waals surface area contributed by atoms with Crippen molar-refractivity contribution in [3.8, 4) is 0 Å². The van der Waals surface area contributed by atoms with Gasteiger partial charge in [-0.1, -0.05) is 45.7 Å². The van der Waals surface area contributed by atoms with Crippen molar-refractivity contribution in [1.29, 1.82) is 0 Å². The molecule has 1 fully saturated rings. The van der Waals surface area contributed by atoms with Crippen LogP contribution in [-0.4, -0.2) is 41.9 Å². The van der Waals surface area contributed by atoms with Crippen LogP contribution in [0.4, 0.5) is 0 Å². The summed E-state index contributed by atoms with van der Waals surface area (Å²) in [6, 6.07) is 7.59. The summed E-state index contributed by atoms with van der Waals surface area (Å²) in [5, 5.41) is 1.39. The van der Waals surface area contributed by atoms with Gasteiger partial charge in [0.15, 0.2) is 0 Å². The molecule has 5 heteroatoms. The van der Waals surface area contributed by atoms with Crippen molar-refractivity contribution in [3.63, 3.8) is 0 Å². The first-order valence-corrected chi connectivity index (χ1v) is 7.39. The lowest BCUT2D eigenvalue weighted by molar-refractivity contribution is -0.138. The maximum absolute atomic E-state index is 12.3. The van der Waals surface area contributed by atoms with Gasteiger partial charge in [-0.25, -0.2) is 0 Å². The number of halogens is 2. The maximum atomic E-state index is 12.3. The number of hydrogen-bond acceptors (Lipinski definition) is 2. The lowest BCUT2D eigenvalue weighted by Gasteiger charge is -2.34. The number of alkyl halides is 1. The average Bonchev–Trinajstić information content (AvgIpc) is 2.41. The van der Waals surface area contributed by atoms with E-state index < -0.39 is 0 Å². The minimum atomic E-state index is 0.107. The molecule has 0 saturated carbocycles. The molecule has 2 rings (SSSR count). The van der Waals surface area contributed by atoms with Gasteiger partial charge in [0.1, 0.15) is 0 Å². The van der Waals surface area contributed by atoms with Crippen molar-refractivity contribution in [3.05, 3.63) is 34.9 Å². The molecule has 3 nitrogen and oxygen atoms in total. The summed E-state index contributed by atoms with van der Waals surface area (Å²) in [5.41, 5.74) is 0.879. The average molecular weight is 333 g/mol. The van der Waals surface area contributed by atoms with Gasteiger partial charge >= 0.3 is 0 Å². The third kappa shape index (κ3) is 3.25. The van der Waals surface area contributed by atoms with Gasteiger partial charge < -0.3 is 9.64 Å². The molecule has 1 aliphatic rings. The summed E-state index contributed by atoms with van der Waals surface area (Å²) >= 11 is 9.49. The Morgan fingerprint density at radius 3 is 3.00 bits per heavy atom. The predicted octanol–water partition coefficient (Wildman–Crippen LogP) is 2.50. The van der Waals surface area contributed by atoms with E-state index in [1.807, 2.05) is 29.2 Å². The van der Waals surface area contributed by atoms with Crippen LogP contribution in [0.1, 0.15) is 5.56 Å². The second-order valence-electron chi connectivity index (χ2n) is 4.24. The monoisotopic (exact) mass is 331 g/mol. The van der Waals surface area contributed by atoms with E-state index in [0.29, 0.717) is 31.2 Å². The van der Waals surface area contributed by atoms with Crippen LogP contribution in [0.2, 0.25) is 5.02 Å². The van der Waals surface area contributed by atoms with E-state index in [-0.39, 0.29) is 11.9 Å². The molecule has 98 valence electrons. The normalized spacial score (nSPS) is 19.9. The van der Waals surface area contributed by atoms with Crippen molar-refractivity contribution in [2.24, 2.45) is 0 Å². The number of rotatable bonds is 3. The van der Waals surface area contributed by atoms with Crippen molar-refractivity contribution in [2.75, 3.05) is 25.1 Å². The van der Waals surface area contributed by atoms with E-state index >= 15 is 0 Å². The van der Waals surface area contributed by atoms with E-state index in [4.69, 9.17) is 16.3 Å². The zero-order valence-corrected chi connectivity index (χ0v) is 12.3. The van der Waals surface area contributed by atoms with Gasteiger partial charge in [-0.05, 0) is 11.6 Å².